The molecular formula is C26H27F5N6O4Si. The second-order valence-electron chi connectivity index (χ2n) is 10.3. The van der Waals surface area contributed by atoms with Crippen molar-refractivity contribution >= 4 is 36.6 Å². The summed E-state index contributed by atoms with van der Waals surface area (Å²) in [5, 5.41) is 11.4. The molecule has 4 rings (SSSR count). The molecule has 1 aromatic carbocycles. The normalized spacial score (nSPS) is 11.9. The van der Waals surface area contributed by atoms with Crippen molar-refractivity contribution < 1.29 is 41.0 Å². The molecule has 0 saturated heterocycles. The maximum absolute atomic E-state index is 15.0. The molecule has 3 heterocycles. The van der Waals surface area contributed by atoms with Crippen LogP contribution in [0.1, 0.15) is 5.56 Å². The average molecular weight is 611 g/mol. The van der Waals surface area contributed by atoms with Crippen LogP contribution in [-0.2, 0) is 17.6 Å². The lowest BCUT2D eigenvalue weighted by molar-refractivity contribution is -0.136. The van der Waals surface area contributed by atoms with Crippen LogP contribution >= 0.6 is 0 Å². The molecule has 0 aliphatic rings. The van der Waals surface area contributed by atoms with E-state index in [0.717, 1.165) is 36.6 Å². The minimum absolute atomic E-state index is 0.0322. The molecular weight excluding hydrogens is 583 g/mol. The topological polar surface area (TPSA) is 112 Å². The summed E-state index contributed by atoms with van der Waals surface area (Å²) in [6.07, 6.45) is -2.84. The third-order valence-corrected chi connectivity index (χ3v) is 7.51. The quantitative estimate of drug-likeness (QED) is 0.114. The average Bonchev–Trinajstić information content (AvgIpc) is 3.29. The first-order valence-corrected chi connectivity index (χ1v) is 16.2. The first kappa shape index (κ1) is 30.6. The van der Waals surface area contributed by atoms with Crippen LogP contribution in [0.15, 0.2) is 42.7 Å². The molecule has 10 nitrogen and oxygen atoms in total. The summed E-state index contributed by atoms with van der Waals surface area (Å²) >= 11 is 0. The van der Waals surface area contributed by atoms with Crippen LogP contribution < -0.4 is 20.1 Å². The first-order chi connectivity index (χ1) is 19.7. The number of benzene rings is 1. The molecule has 2 amide bonds. The van der Waals surface area contributed by atoms with Crippen LogP contribution in [0.5, 0.6) is 17.4 Å². The van der Waals surface area contributed by atoms with Gasteiger partial charge in [-0.15, -0.1) is 10.2 Å². The van der Waals surface area contributed by atoms with E-state index in [1.165, 1.54) is 23.8 Å². The lowest BCUT2D eigenvalue weighted by atomic mass is 10.2. The Bertz CT molecular complexity index is 1550. The predicted molar refractivity (Wildman–Crippen MR) is 146 cm³/mol. The highest BCUT2D eigenvalue weighted by Gasteiger charge is 2.37. The summed E-state index contributed by atoms with van der Waals surface area (Å²) in [5.41, 5.74) is -1.54. The van der Waals surface area contributed by atoms with Crippen molar-refractivity contribution in [3.05, 3.63) is 59.9 Å². The van der Waals surface area contributed by atoms with Crippen LogP contribution in [-0.4, -0.2) is 47.6 Å². The number of methoxy groups -OCH3 is 1. The van der Waals surface area contributed by atoms with Crippen molar-refractivity contribution in [3.8, 4) is 17.4 Å². The Kier molecular flexibility index (Phi) is 8.96. The number of urea groups is 1. The lowest BCUT2D eigenvalue weighted by Crippen LogP contribution is -2.22. The number of nitrogens with one attached hydrogen (secondary N) is 2. The van der Waals surface area contributed by atoms with Gasteiger partial charge in [0.05, 0.1) is 18.1 Å². The number of halogens is 5. The van der Waals surface area contributed by atoms with Gasteiger partial charge in [0.15, 0.2) is 23.2 Å². The Morgan fingerprint density at radius 3 is 2.36 bits per heavy atom. The summed E-state index contributed by atoms with van der Waals surface area (Å²) in [5.74, 6) is -3.75. The molecule has 0 unspecified atom stereocenters. The third kappa shape index (κ3) is 7.50. The number of aromatic nitrogens is 4. The van der Waals surface area contributed by atoms with E-state index in [-0.39, 0.29) is 29.8 Å². The van der Waals surface area contributed by atoms with E-state index in [2.05, 4.69) is 45.5 Å². The SMILES string of the molecule is COc1ccc(NC(=O)Nc2cc(F)c(Oc3ccnc4c3c(C(F)(F)F)cn4COCC[Si](C)(C)C)c(F)c2)nn1. The van der Waals surface area contributed by atoms with Gasteiger partial charge in [-0.2, -0.15) is 13.2 Å². The number of carbonyl (C=O) groups excluding carboxylic acids is 1. The molecule has 42 heavy (non-hydrogen) atoms. The van der Waals surface area contributed by atoms with Gasteiger partial charge < -0.3 is 24.1 Å². The van der Waals surface area contributed by atoms with Crippen molar-refractivity contribution in [1.82, 2.24) is 19.7 Å². The van der Waals surface area contributed by atoms with Gasteiger partial charge in [-0.25, -0.2) is 18.6 Å². The molecule has 0 fully saturated rings. The van der Waals surface area contributed by atoms with Crippen LogP contribution in [0.3, 0.4) is 0 Å². The Balaban J connectivity index is 1.56. The number of ether oxygens (including phenoxy) is 3. The van der Waals surface area contributed by atoms with Gasteiger partial charge in [0.2, 0.25) is 5.88 Å². The van der Waals surface area contributed by atoms with Gasteiger partial charge in [0.25, 0.3) is 0 Å². The zero-order valence-corrected chi connectivity index (χ0v) is 24.0. The number of pyridine rings is 1. The molecule has 0 atom stereocenters. The van der Waals surface area contributed by atoms with Crippen LogP contribution in [0, 0.1) is 11.6 Å². The Morgan fingerprint density at radius 1 is 1.05 bits per heavy atom. The van der Waals surface area contributed by atoms with Gasteiger partial charge >= 0.3 is 12.2 Å². The van der Waals surface area contributed by atoms with Gasteiger partial charge in [-0.1, -0.05) is 19.6 Å². The molecule has 0 aliphatic carbocycles. The summed E-state index contributed by atoms with van der Waals surface area (Å²) in [6.45, 7) is 6.57. The van der Waals surface area contributed by atoms with E-state index in [4.69, 9.17) is 14.2 Å². The number of nitrogens with zero attached hydrogens (tertiary/aromatic N) is 4. The highest BCUT2D eigenvalue weighted by atomic mass is 28.3. The molecule has 0 aliphatic heterocycles. The van der Waals surface area contributed by atoms with Crippen LogP contribution in [0.4, 0.5) is 38.3 Å². The molecule has 0 bridgehead atoms. The van der Waals surface area contributed by atoms with Crippen molar-refractivity contribution in [2.24, 2.45) is 0 Å². The highest BCUT2D eigenvalue weighted by Crippen LogP contribution is 2.42. The summed E-state index contributed by atoms with van der Waals surface area (Å²) < 4.78 is 88.9. The van der Waals surface area contributed by atoms with E-state index in [9.17, 15) is 26.7 Å². The van der Waals surface area contributed by atoms with E-state index >= 15 is 0 Å². The number of amides is 2. The van der Waals surface area contributed by atoms with Gasteiger partial charge in [0.1, 0.15) is 18.1 Å². The fourth-order valence-corrected chi connectivity index (χ4v) is 4.50. The number of fused-ring (bicyclic) bond motifs is 1. The molecule has 3 aromatic heterocycles. The smallest absolute Gasteiger partial charge is 0.418 e. The fourth-order valence-electron chi connectivity index (χ4n) is 3.74. The van der Waals surface area contributed by atoms with Crippen molar-refractivity contribution in [2.75, 3.05) is 24.4 Å². The van der Waals surface area contributed by atoms with Crippen molar-refractivity contribution in [3.63, 3.8) is 0 Å². The minimum Gasteiger partial charge on any atom is -0.480 e. The van der Waals surface area contributed by atoms with Gasteiger partial charge in [0, 0.05) is 51.0 Å². The standard InChI is InChI=1S/C26H27F5N6O4Si/c1-39-21-6-5-20(35-36-21)34-25(38)33-15-11-17(27)23(18(28)12-15)41-19-7-8-32-24-22(19)16(26(29,30)31)13-37(24)14-40-9-10-42(2,3)4/h5-8,11-13H,9-10,14H2,1-4H3,(H2,33,34,35,38). The van der Waals surface area contributed by atoms with Crippen LogP contribution in [0.25, 0.3) is 11.0 Å². The maximum atomic E-state index is 15.0. The zero-order valence-electron chi connectivity index (χ0n) is 23.0. The summed E-state index contributed by atoms with van der Waals surface area (Å²) in [6, 6.07) is 5.31. The van der Waals surface area contributed by atoms with Gasteiger partial charge in [-0.3, -0.25) is 5.32 Å². The number of alkyl halides is 3. The first-order valence-electron chi connectivity index (χ1n) is 12.5. The number of anilines is 2. The number of carbonyl (C=O) groups is 1. The number of rotatable bonds is 10. The molecule has 2 N–H and O–H groups in total. The molecule has 224 valence electrons. The second-order valence-corrected chi connectivity index (χ2v) is 15.9. The van der Waals surface area contributed by atoms with E-state index in [1.807, 2.05) is 0 Å². The fraction of sp³-hybridized carbons (Fsp3) is 0.308. The Labute approximate surface area is 237 Å². The maximum Gasteiger partial charge on any atom is 0.418 e. The molecule has 0 saturated carbocycles. The molecule has 16 heteroatoms. The molecule has 4 aromatic rings. The number of hydrogen-bond acceptors (Lipinski definition) is 7. The minimum atomic E-state index is -4.82. The summed E-state index contributed by atoms with van der Waals surface area (Å²) in [7, 11) is -0.0445. The predicted octanol–water partition coefficient (Wildman–Crippen LogP) is 6.88. The van der Waals surface area contributed by atoms with Crippen molar-refractivity contribution in [2.45, 2.75) is 38.6 Å². The molecule has 0 spiro atoms. The van der Waals surface area contributed by atoms with E-state index in [1.54, 1.807) is 0 Å². The van der Waals surface area contributed by atoms with E-state index < -0.39 is 54.4 Å². The molecule has 0 radical (unpaired) electrons. The lowest BCUT2D eigenvalue weighted by Gasteiger charge is -2.15. The largest absolute Gasteiger partial charge is 0.480 e. The second kappa shape index (κ2) is 12.3. The zero-order chi connectivity index (χ0) is 30.7. The van der Waals surface area contributed by atoms with E-state index in [0.29, 0.717) is 6.61 Å². The summed E-state index contributed by atoms with van der Waals surface area (Å²) in [4.78, 5) is 16.3. The highest BCUT2D eigenvalue weighted by molar-refractivity contribution is 6.76. The van der Waals surface area contributed by atoms with Crippen molar-refractivity contribution in [1.29, 1.82) is 0 Å². The number of hydrogen-bond donors (Lipinski definition) is 2. The van der Waals surface area contributed by atoms with Crippen LogP contribution in [0.2, 0.25) is 25.7 Å². The third-order valence-electron chi connectivity index (χ3n) is 5.81. The Hall–Kier alpha value is -4.31. The Morgan fingerprint density at radius 2 is 1.76 bits per heavy atom. The van der Waals surface area contributed by atoms with Gasteiger partial charge in [-0.05, 0) is 18.2 Å². The monoisotopic (exact) mass is 610 g/mol.